The van der Waals surface area contributed by atoms with E-state index in [0.29, 0.717) is 34.8 Å². The smallest absolute Gasteiger partial charge is 0.339 e. The summed E-state index contributed by atoms with van der Waals surface area (Å²) in [6.45, 7) is 1.13. The van der Waals surface area contributed by atoms with Gasteiger partial charge >= 0.3 is 5.97 Å². The van der Waals surface area contributed by atoms with Gasteiger partial charge in [0.1, 0.15) is 10.3 Å². The molecule has 1 atom stereocenters. The molecule has 1 fully saturated rings. The molecule has 9 heteroatoms. The highest BCUT2D eigenvalue weighted by Crippen LogP contribution is 2.31. The molecule has 0 spiro atoms. The molecule has 2 aromatic carbocycles. The van der Waals surface area contributed by atoms with Crippen molar-refractivity contribution >= 4 is 33.2 Å². The van der Waals surface area contributed by atoms with Gasteiger partial charge in [-0.15, -0.1) is 11.3 Å². The van der Waals surface area contributed by atoms with Crippen LogP contribution in [0.3, 0.4) is 0 Å². The summed E-state index contributed by atoms with van der Waals surface area (Å²) >= 11 is 1.19. The second kappa shape index (κ2) is 8.74. The Morgan fingerprint density at radius 3 is 2.42 bits per heavy atom. The molecule has 1 aromatic heterocycles. The van der Waals surface area contributed by atoms with Crippen LogP contribution in [0.4, 0.5) is 0 Å². The van der Waals surface area contributed by atoms with Crippen LogP contribution in [0, 0.1) is 0 Å². The molecule has 2 aliphatic rings. The maximum absolute atomic E-state index is 13.1. The lowest BCUT2D eigenvalue weighted by atomic mass is 9.93. The molecule has 0 bridgehead atoms. The van der Waals surface area contributed by atoms with E-state index in [1.807, 2.05) is 30.3 Å². The predicted molar refractivity (Wildman–Crippen MR) is 124 cm³/mol. The van der Waals surface area contributed by atoms with Crippen molar-refractivity contribution in [1.29, 1.82) is 0 Å². The molecule has 0 radical (unpaired) electrons. The topological polar surface area (TPSA) is 84.0 Å². The number of esters is 1. The highest BCUT2D eigenvalue weighted by Gasteiger charge is 2.32. The fourth-order valence-corrected chi connectivity index (χ4v) is 6.80. The van der Waals surface area contributed by atoms with Gasteiger partial charge in [0.05, 0.1) is 5.56 Å². The molecule has 0 aliphatic carbocycles. The van der Waals surface area contributed by atoms with Crippen LogP contribution in [-0.4, -0.2) is 55.7 Å². The van der Waals surface area contributed by atoms with Crippen LogP contribution in [0.5, 0.6) is 0 Å². The van der Waals surface area contributed by atoms with Crippen molar-refractivity contribution in [2.24, 2.45) is 0 Å². The van der Waals surface area contributed by atoms with E-state index < -0.39 is 16.0 Å². The number of nitrogens with zero attached hydrogens (tertiary/aromatic N) is 2. The molecular formula is C24H22N2O5S2. The van der Waals surface area contributed by atoms with Crippen LogP contribution in [0.2, 0.25) is 0 Å². The number of sulfonamides is 1. The van der Waals surface area contributed by atoms with E-state index in [9.17, 15) is 18.0 Å². The summed E-state index contributed by atoms with van der Waals surface area (Å²) in [6, 6.07) is 17.9. The van der Waals surface area contributed by atoms with Gasteiger partial charge in [-0.1, -0.05) is 36.4 Å². The van der Waals surface area contributed by atoms with E-state index >= 15 is 0 Å². The summed E-state index contributed by atoms with van der Waals surface area (Å²) in [5.74, 6) is -0.558. The summed E-state index contributed by atoms with van der Waals surface area (Å²) < 4.78 is 32.8. The largest absolute Gasteiger partial charge is 0.454 e. The van der Waals surface area contributed by atoms with E-state index in [2.05, 4.69) is 0 Å². The van der Waals surface area contributed by atoms with Crippen LogP contribution in [-0.2, 0) is 21.2 Å². The van der Waals surface area contributed by atoms with Gasteiger partial charge in [0.2, 0.25) is 0 Å². The number of benzene rings is 2. The number of hydrogen-bond acceptors (Lipinski definition) is 6. The first kappa shape index (κ1) is 21.8. The molecule has 0 saturated carbocycles. The number of cyclic esters (lactones) is 1. The minimum absolute atomic E-state index is 0.166. The summed E-state index contributed by atoms with van der Waals surface area (Å²) in [5, 5.41) is 1.74. The number of carbonyl (C=O) groups excluding carboxylic acids is 2. The Hall–Kier alpha value is -3.01. The number of piperazine rings is 1. The zero-order valence-electron chi connectivity index (χ0n) is 17.7. The van der Waals surface area contributed by atoms with Gasteiger partial charge in [0.25, 0.3) is 15.9 Å². The predicted octanol–water partition coefficient (Wildman–Crippen LogP) is 3.35. The third kappa shape index (κ3) is 4.19. The molecule has 33 heavy (non-hydrogen) atoms. The molecule has 1 saturated heterocycles. The molecule has 7 nitrogen and oxygen atoms in total. The first-order valence-corrected chi connectivity index (χ1v) is 13.0. The zero-order chi connectivity index (χ0) is 23.0. The van der Waals surface area contributed by atoms with Gasteiger partial charge < -0.3 is 9.64 Å². The monoisotopic (exact) mass is 482 g/mol. The second-order valence-corrected chi connectivity index (χ2v) is 11.1. The number of ether oxygens (including phenoxy) is 1. The number of amides is 1. The number of rotatable bonds is 4. The van der Waals surface area contributed by atoms with Gasteiger partial charge in [-0.2, -0.15) is 4.31 Å². The van der Waals surface area contributed by atoms with Crippen molar-refractivity contribution in [2.75, 3.05) is 26.2 Å². The molecule has 170 valence electrons. The quantitative estimate of drug-likeness (QED) is 0.533. The normalized spacial score (nSPS) is 19.1. The lowest BCUT2D eigenvalue weighted by Crippen LogP contribution is -2.50. The summed E-state index contributed by atoms with van der Waals surface area (Å²) in [6.07, 6.45) is 0.113. The van der Waals surface area contributed by atoms with Crippen molar-refractivity contribution in [3.05, 3.63) is 88.3 Å². The molecule has 5 rings (SSSR count). The van der Waals surface area contributed by atoms with E-state index in [1.165, 1.54) is 15.6 Å². The van der Waals surface area contributed by atoms with E-state index in [0.717, 1.165) is 11.1 Å². The van der Waals surface area contributed by atoms with Crippen molar-refractivity contribution < 1.29 is 22.7 Å². The van der Waals surface area contributed by atoms with Gasteiger partial charge in [0.15, 0.2) is 0 Å². The zero-order valence-corrected chi connectivity index (χ0v) is 19.3. The first-order valence-electron chi connectivity index (χ1n) is 10.7. The van der Waals surface area contributed by atoms with Crippen LogP contribution in [0.1, 0.15) is 37.9 Å². The van der Waals surface area contributed by atoms with Crippen molar-refractivity contribution in [1.82, 2.24) is 9.21 Å². The van der Waals surface area contributed by atoms with Crippen LogP contribution >= 0.6 is 11.3 Å². The van der Waals surface area contributed by atoms with Gasteiger partial charge in [-0.05, 0) is 40.8 Å². The lowest BCUT2D eigenvalue weighted by molar-refractivity contribution is 0.0252. The van der Waals surface area contributed by atoms with Crippen LogP contribution < -0.4 is 0 Å². The van der Waals surface area contributed by atoms with Crippen LogP contribution in [0.15, 0.2) is 70.3 Å². The maximum atomic E-state index is 13.1. The fourth-order valence-electron chi connectivity index (χ4n) is 4.23. The minimum atomic E-state index is -3.52. The summed E-state index contributed by atoms with van der Waals surface area (Å²) in [5.41, 5.74) is 2.66. The highest BCUT2D eigenvalue weighted by atomic mass is 32.2. The standard InChI is InChI=1S/C24H22N2O5S2/c27-23(25-10-12-26(13-11-25)33(29,30)22-7-4-14-32-22)18-8-9-20-19(15-18)16-21(31-24(20)28)17-5-2-1-3-6-17/h1-9,14-15,21H,10-13,16H2. The Balaban J connectivity index is 1.30. The number of carbonyl (C=O) groups is 2. The van der Waals surface area contributed by atoms with Gasteiger partial charge in [-0.25, -0.2) is 13.2 Å². The van der Waals surface area contributed by atoms with E-state index in [4.69, 9.17) is 4.74 Å². The van der Waals surface area contributed by atoms with Crippen molar-refractivity contribution in [3.8, 4) is 0 Å². The molecule has 2 aliphatic heterocycles. The molecule has 0 N–H and O–H groups in total. The van der Waals surface area contributed by atoms with Crippen molar-refractivity contribution in [2.45, 2.75) is 16.7 Å². The number of hydrogen-bond donors (Lipinski definition) is 0. The Kier molecular flexibility index (Phi) is 5.77. The Bertz CT molecular complexity index is 1280. The lowest BCUT2D eigenvalue weighted by Gasteiger charge is -2.34. The molecule has 3 aromatic rings. The van der Waals surface area contributed by atoms with Gasteiger partial charge in [0, 0.05) is 38.2 Å². The summed E-state index contributed by atoms with van der Waals surface area (Å²) in [7, 11) is -3.52. The number of fused-ring (bicyclic) bond motifs is 1. The van der Waals surface area contributed by atoms with E-state index in [1.54, 1.807) is 40.6 Å². The average Bonchev–Trinajstić information content (AvgIpc) is 3.40. The molecule has 1 unspecified atom stereocenters. The summed E-state index contributed by atoms with van der Waals surface area (Å²) in [4.78, 5) is 27.3. The Morgan fingerprint density at radius 2 is 1.73 bits per heavy atom. The van der Waals surface area contributed by atoms with Crippen molar-refractivity contribution in [3.63, 3.8) is 0 Å². The Labute approximate surface area is 196 Å². The van der Waals surface area contributed by atoms with E-state index in [-0.39, 0.29) is 25.1 Å². The second-order valence-electron chi connectivity index (χ2n) is 8.01. The third-order valence-electron chi connectivity index (χ3n) is 6.01. The fraction of sp³-hybridized carbons (Fsp3) is 0.250. The average molecular weight is 483 g/mol. The SMILES string of the molecule is O=C1OC(c2ccccc2)Cc2cc(C(=O)N3CCN(S(=O)(=O)c4cccs4)CC3)ccc21. The molecular weight excluding hydrogens is 460 g/mol. The number of thiophene rings is 1. The van der Waals surface area contributed by atoms with Crippen LogP contribution in [0.25, 0.3) is 0 Å². The third-order valence-corrected chi connectivity index (χ3v) is 9.28. The molecule has 1 amide bonds. The first-order chi connectivity index (χ1) is 15.9. The minimum Gasteiger partial charge on any atom is -0.454 e. The highest BCUT2D eigenvalue weighted by molar-refractivity contribution is 7.91. The molecule has 3 heterocycles. The Morgan fingerprint density at radius 1 is 0.970 bits per heavy atom. The maximum Gasteiger partial charge on any atom is 0.339 e. The van der Waals surface area contributed by atoms with Gasteiger partial charge in [-0.3, -0.25) is 4.79 Å².